The van der Waals surface area contributed by atoms with Gasteiger partial charge in [0, 0.05) is 11.1 Å². The Morgan fingerprint density at radius 3 is 2.28 bits per heavy atom. The molecule has 0 radical (unpaired) electrons. The Balaban J connectivity index is 1.68. The van der Waals surface area contributed by atoms with Crippen molar-refractivity contribution in [2.45, 2.75) is 16.4 Å². The van der Waals surface area contributed by atoms with Crippen molar-refractivity contribution in [3.8, 4) is 0 Å². The Morgan fingerprint density at radius 1 is 0.897 bits per heavy atom. The fourth-order valence-corrected chi connectivity index (χ4v) is 3.37. The van der Waals surface area contributed by atoms with E-state index in [9.17, 15) is 4.79 Å². The molecule has 3 rings (SSSR count). The van der Waals surface area contributed by atoms with Gasteiger partial charge in [-0.3, -0.25) is 4.79 Å². The zero-order valence-electron chi connectivity index (χ0n) is 15.2. The summed E-state index contributed by atoms with van der Waals surface area (Å²) in [6, 6.07) is 23.0. The third-order valence-electron chi connectivity index (χ3n) is 4.15. The minimum absolute atomic E-state index is 0.156. The smallest absolute Gasteiger partial charge is 0.228 e. The fraction of sp³-hybridized carbons (Fsp3) is 0.143. The number of rotatable bonds is 5. The summed E-state index contributed by atoms with van der Waals surface area (Å²) in [6.07, 6.45) is -0.859. The Labute approximate surface area is 189 Å². The van der Waals surface area contributed by atoms with Crippen LogP contribution in [0.3, 0.4) is 0 Å². The number of benzene rings is 3. The van der Waals surface area contributed by atoms with E-state index in [1.807, 2.05) is 72.8 Å². The van der Waals surface area contributed by atoms with Crippen LogP contribution in [0.1, 0.15) is 5.56 Å². The van der Waals surface area contributed by atoms with E-state index >= 15 is 0 Å². The predicted octanol–water partition coefficient (Wildman–Crippen LogP) is 5.18. The van der Waals surface area contributed by atoms with E-state index < -0.39 is 9.96 Å². The second kappa shape index (κ2) is 9.63. The lowest BCUT2D eigenvalue weighted by atomic mass is 10.1. The van der Waals surface area contributed by atoms with Crippen LogP contribution in [0.15, 0.2) is 72.8 Å². The molecule has 150 valence electrons. The molecule has 0 spiro atoms. The first-order valence-electron chi connectivity index (χ1n) is 8.78. The van der Waals surface area contributed by atoms with Crippen molar-refractivity contribution >= 4 is 74.5 Å². The molecule has 1 atom stereocenters. The number of anilines is 1. The van der Waals surface area contributed by atoms with Crippen molar-refractivity contribution in [2.24, 2.45) is 0 Å². The Hall–Kier alpha value is -2.05. The van der Waals surface area contributed by atoms with Crippen LogP contribution in [-0.4, -0.2) is 21.0 Å². The quantitative estimate of drug-likeness (QED) is 0.275. The molecule has 0 heterocycles. The van der Waals surface area contributed by atoms with Gasteiger partial charge < -0.3 is 16.0 Å². The summed E-state index contributed by atoms with van der Waals surface area (Å²) in [4.78, 5) is 12.4. The third-order valence-corrected chi connectivity index (χ3v) is 5.03. The first-order chi connectivity index (χ1) is 13.8. The van der Waals surface area contributed by atoms with Gasteiger partial charge in [-0.2, -0.15) is 0 Å². The van der Waals surface area contributed by atoms with E-state index in [2.05, 4.69) is 16.0 Å². The zero-order chi connectivity index (χ0) is 20.9. The molecule has 4 nitrogen and oxygen atoms in total. The SMILES string of the molecule is O=C(Cc1ccccc1)NC(NC(=S)Nc1cccc2ccccc12)C(Cl)(Cl)Cl. The maximum atomic E-state index is 12.4. The van der Waals surface area contributed by atoms with Gasteiger partial charge in [0.05, 0.1) is 6.42 Å². The topological polar surface area (TPSA) is 53.2 Å². The molecule has 3 aromatic rings. The average Bonchev–Trinajstić information content (AvgIpc) is 2.68. The first-order valence-corrected chi connectivity index (χ1v) is 10.3. The molecular formula is C21H18Cl3N3OS. The number of fused-ring (bicyclic) bond motifs is 1. The van der Waals surface area contributed by atoms with Crippen LogP contribution < -0.4 is 16.0 Å². The van der Waals surface area contributed by atoms with Crippen LogP contribution in [0.25, 0.3) is 10.8 Å². The van der Waals surface area contributed by atoms with Crippen molar-refractivity contribution < 1.29 is 4.79 Å². The van der Waals surface area contributed by atoms with Crippen LogP contribution in [0.5, 0.6) is 0 Å². The van der Waals surface area contributed by atoms with Gasteiger partial charge >= 0.3 is 0 Å². The van der Waals surface area contributed by atoms with E-state index in [0.717, 1.165) is 22.0 Å². The molecule has 0 aliphatic rings. The van der Waals surface area contributed by atoms with Crippen LogP contribution in [0.4, 0.5) is 5.69 Å². The van der Waals surface area contributed by atoms with Crippen molar-refractivity contribution in [3.05, 3.63) is 78.4 Å². The highest BCUT2D eigenvalue weighted by molar-refractivity contribution is 7.80. The molecule has 0 saturated carbocycles. The molecular weight excluding hydrogens is 449 g/mol. The van der Waals surface area contributed by atoms with Gasteiger partial charge in [-0.05, 0) is 29.2 Å². The highest BCUT2D eigenvalue weighted by Crippen LogP contribution is 2.29. The predicted molar refractivity (Wildman–Crippen MR) is 126 cm³/mol. The molecule has 0 aromatic heterocycles. The van der Waals surface area contributed by atoms with Crippen molar-refractivity contribution in [3.63, 3.8) is 0 Å². The van der Waals surface area contributed by atoms with Crippen LogP contribution >= 0.6 is 47.0 Å². The van der Waals surface area contributed by atoms with E-state index in [-0.39, 0.29) is 17.4 Å². The minimum Gasteiger partial charge on any atom is -0.339 e. The van der Waals surface area contributed by atoms with Crippen LogP contribution in [0.2, 0.25) is 0 Å². The lowest BCUT2D eigenvalue weighted by molar-refractivity contribution is -0.121. The highest BCUT2D eigenvalue weighted by atomic mass is 35.6. The number of alkyl halides is 3. The lowest BCUT2D eigenvalue weighted by Gasteiger charge is -2.28. The lowest BCUT2D eigenvalue weighted by Crippen LogP contribution is -2.56. The Bertz CT molecular complexity index is 1000. The van der Waals surface area contributed by atoms with E-state index in [0.29, 0.717) is 0 Å². The maximum absolute atomic E-state index is 12.4. The first kappa shape index (κ1) is 21.7. The van der Waals surface area contributed by atoms with E-state index in [1.165, 1.54) is 0 Å². The molecule has 1 unspecified atom stereocenters. The monoisotopic (exact) mass is 465 g/mol. The molecule has 0 saturated heterocycles. The summed E-state index contributed by atoms with van der Waals surface area (Å²) < 4.78 is -1.81. The average molecular weight is 467 g/mol. The van der Waals surface area contributed by atoms with Crippen molar-refractivity contribution in [1.82, 2.24) is 10.6 Å². The number of nitrogens with one attached hydrogen (secondary N) is 3. The number of hydrogen-bond acceptors (Lipinski definition) is 2. The zero-order valence-corrected chi connectivity index (χ0v) is 18.2. The molecule has 0 fully saturated rings. The van der Waals surface area contributed by atoms with Gasteiger partial charge in [-0.1, -0.05) is 102 Å². The molecule has 1 amide bonds. The van der Waals surface area contributed by atoms with Gasteiger partial charge in [0.25, 0.3) is 0 Å². The number of amides is 1. The molecule has 0 aliphatic heterocycles. The summed E-state index contributed by atoms with van der Waals surface area (Å²) in [5, 5.41) is 11.0. The fourth-order valence-electron chi connectivity index (χ4n) is 2.82. The Kier molecular flexibility index (Phi) is 7.19. The minimum atomic E-state index is -1.81. The highest BCUT2D eigenvalue weighted by Gasteiger charge is 2.34. The standard InChI is InChI=1S/C21H18Cl3N3OS/c22-21(23,24)19(26-18(28)13-14-7-2-1-3-8-14)27-20(29)25-17-12-6-10-15-9-4-5-11-16(15)17/h1-12,19H,13H2,(H,26,28)(H2,25,27,29). The van der Waals surface area contributed by atoms with Crippen molar-refractivity contribution in [1.29, 1.82) is 0 Å². The molecule has 0 bridgehead atoms. The Morgan fingerprint density at radius 2 is 1.55 bits per heavy atom. The summed E-state index contributed by atoms with van der Waals surface area (Å²) in [5.74, 6) is -0.298. The summed E-state index contributed by atoms with van der Waals surface area (Å²) in [5.41, 5.74) is 1.66. The van der Waals surface area contributed by atoms with Crippen LogP contribution in [0, 0.1) is 0 Å². The van der Waals surface area contributed by atoms with Gasteiger partial charge in [-0.25, -0.2) is 0 Å². The van der Waals surface area contributed by atoms with Gasteiger partial charge in [0.2, 0.25) is 9.70 Å². The van der Waals surface area contributed by atoms with Crippen LogP contribution in [-0.2, 0) is 11.2 Å². The maximum Gasteiger partial charge on any atom is 0.228 e. The van der Waals surface area contributed by atoms with Gasteiger partial charge in [0.15, 0.2) is 5.11 Å². The molecule has 3 aromatic carbocycles. The summed E-state index contributed by atoms with van der Waals surface area (Å²) in [7, 11) is 0. The largest absolute Gasteiger partial charge is 0.339 e. The van der Waals surface area contributed by atoms with E-state index in [1.54, 1.807) is 0 Å². The number of carbonyl (C=O) groups excluding carboxylic acids is 1. The number of halogens is 3. The molecule has 8 heteroatoms. The summed E-state index contributed by atoms with van der Waals surface area (Å²) in [6.45, 7) is 0. The number of carbonyl (C=O) groups is 1. The molecule has 0 aliphatic carbocycles. The number of thiocarbonyl (C=S) groups is 1. The number of hydrogen-bond donors (Lipinski definition) is 3. The molecule has 3 N–H and O–H groups in total. The van der Waals surface area contributed by atoms with E-state index in [4.69, 9.17) is 47.0 Å². The third kappa shape index (κ3) is 6.21. The van der Waals surface area contributed by atoms with Crippen molar-refractivity contribution in [2.75, 3.05) is 5.32 Å². The summed E-state index contributed by atoms with van der Waals surface area (Å²) >= 11 is 23.5. The molecule has 29 heavy (non-hydrogen) atoms. The second-order valence-electron chi connectivity index (χ2n) is 6.33. The normalized spacial score (nSPS) is 12.2. The van der Waals surface area contributed by atoms with Gasteiger partial charge in [-0.15, -0.1) is 0 Å². The second-order valence-corrected chi connectivity index (χ2v) is 9.11. The van der Waals surface area contributed by atoms with Gasteiger partial charge in [0.1, 0.15) is 6.17 Å².